The lowest BCUT2D eigenvalue weighted by Crippen LogP contribution is -2.16. The summed E-state index contributed by atoms with van der Waals surface area (Å²) in [7, 11) is 0. The molecule has 106 valence electrons. The molecule has 1 fully saturated rings. The molecule has 0 atom stereocenters. The van der Waals surface area contributed by atoms with E-state index in [9.17, 15) is 4.79 Å². The second-order valence-electron chi connectivity index (χ2n) is 4.97. The molecule has 2 heterocycles. The van der Waals surface area contributed by atoms with E-state index < -0.39 is 0 Å². The molecule has 0 amide bonds. The molecule has 0 aliphatic heterocycles. The molecule has 0 spiro atoms. The summed E-state index contributed by atoms with van der Waals surface area (Å²) < 4.78 is 1.70. The van der Waals surface area contributed by atoms with Gasteiger partial charge in [-0.25, -0.2) is 19.9 Å². The lowest BCUT2D eigenvalue weighted by atomic mass is 10.2. The minimum Gasteiger partial charge on any atom is -0.399 e. The van der Waals surface area contributed by atoms with E-state index in [-0.39, 0.29) is 11.7 Å². The van der Waals surface area contributed by atoms with Gasteiger partial charge in [0.1, 0.15) is 11.4 Å². The molecular formula is C13H12N6OS. The van der Waals surface area contributed by atoms with Gasteiger partial charge >= 0.3 is 5.69 Å². The minimum absolute atomic E-state index is 0.164. The number of anilines is 1. The van der Waals surface area contributed by atoms with Crippen molar-refractivity contribution in [2.45, 2.75) is 29.1 Å². The lowest BCUT2D eigenvalue weighted by molar-refractivity contribution is 0.642. The third-order valence-corrected chi connectivity index (χ3v) is 4.39. The Balaban J connectivity index is 1.79. The van der Waals surface area contributed by atoms with Crippen molar-refractivity contribution in [3.63, 3.8) is 0 Å². The molecule has 0 unspecified atom stereocenters. The second kappa shape index (κ2) is 4.59. The van der Waals surface area contributed by atoms with Crippen LogP contribution < -0.4 is 11.4 Å². The molecule has 3 aromatic rings. The molecule has 0 saturated heterocycles. The third kappa shape index (κ3) is 2.17. The highest BCUT2D eigenvalue weighted by Crippen LogP contribution is 2.38. The van der Waals surface area contributed by atoms with Crippen molar-refractivity contribution >= 4 is 28.4 Å². The number of hydrogen-bond donors (Lipinski definition) is 2. The molecule has 2 aromatic heterocycles. The maximum absolute atomic E-state index is 11.8. The molecule has 1 saturated carbocycles. The fourth-order valence-electron chi connectivity index (χ4n) is 2.23. The summed E-state index contributed by atoms with van der Waals surface area (Å²) in [5, 5.41) is 8.91. The number of hydrogen-bond acceptors (Lipinski definition) is 6. The van der Waals surface area contributed by atoms with E-state index in [4.69, 9.17) is 5.73 Å². The van der Waals surface area contributed by atoms with Crippen LogP contribution in [0.25, 0.3) is 10.9 Å². The van der Waals surface area contributed by atoms with Crippen molar-refractivity contribution in [1.82, 2.24) is 24.7 Å². The van der Waals surface area contributed by atoms with E-state index in [1.54, 1.807) is 10.6 Å². The van der Waals surface area contributed by atoms with Crippen LogP contribution in [0.2, 0.25) is 0 Å². The molecule has 4 rings (SSSR count). The summed E-state index contributed by atoms with van der Waals surface area (Å²) in [5.41, 5.74) is 7.05. The van der Waals surface area contributed by atoms with Gasteiger partial charge in [-0.1, -0.05) is 0 Å². The number of nitrogen functional groups attached to an aromatic ring is 1. The maximum atomic E-state index is 11.8. The number of aromatic amines is 1. The first-order valence-electron chi connectivity index (χ1n) is 6.57. The topological polar surface area (TPSA) is 102 Å². The van der Waals surface area contributed by atoms with E-state index in [1.165, 1.54) is 18.1 Å². The van der Waals surface area contributed by atoms with Gasteiger partial charge in [0.2, 0.25) is 0 Å². The largest absolute Gasteiger partial charge is 0.399 e. The number of fused-ring (bicyclic) bond motifs is 1. The number of nitrogens with zero attached hydrogens (tertiary/aromatic N) is 4. The number of rotatable bonds is 3. The molecule has 21 heavy (non-hydrogen) atoms. The van der Waals surface area contributed by atoms with Crippen molar-refractivity contribution in [2.75, 3.05) is 5.73 Å². The summed E-state index contributed by atoms with van der Waals surface area (Å²) in [6.07, 6.45) is 3.54. The quantitative estimate of drug-likeness (QED) is 0.562. The van der Waals surface area contributed by atoms with Gasteiger partial charge in [-0.2, -0.15) is 0 Å². The van der Waals surface area contributed by atoms with Crippen LogP contribution in [0, 0.1) is 0 Å². The normalized spacial score (nSPS) is 14.7. The average molecular weight is 300 g/mol. The predicted octanol–water partition coefficient (Wildman–Crippen LogP) is 1.58. The molecule has 7 nitrogen and oxygen atoms in total. The Bertz CT molecular complexity index is 882. The first-order valence-corrected chi connectivity index (χ1v) is 7.39. The summed E-state index contributed by atoms with van der Waals surface area (Å²) in [6, 6.07) is 5.77. The molecular weight excluding hydrogens is 288 g/mol. The highest BCUT2D eigenvalue weighted by atomic mass is 32.2. The van der Waals surface area contributed by atoms with Crippen LogP contribution in [0.5, 0.6) is 0 Å². The highest BCUT2D eigenvalue weighted by Gasteiger charge is 2.29. The number of H-pyrrole nitrogens is 1. The highest BCUT2D eigenvalue weighted by molar-refractivity contribution is 7.99. The Morgan fingerprint density at radius 1 is 1.33 bits per heavy atom. The number of benzene rings is 1. The van der Waals surface area contributed by atoms with Crippen LogP contribution in [0.3, 0.4) is 0 Å². The van der Waals surface area contributed by atoms with Crippen molar-refractivity contribution in [3.05, 3.63) is 35.0 Å². The predicted molar refractivity (Wildman–Crippen MR) is 79.2 cm³/mol. The van der Waals surface area contributed by atoms with Crippen LogP contribution in [-0.4, -0.2) is 24.7 Å². The van der Waals surface area contributed by atoms with Gasteiger partial charge in [0.05, 0.1) is 5.52 Å². The van der Waals surface area contributed by atoms with Crippen molar-refractivity contribution in [2.24, 2.45) is 0 Å². The zero-order valence-electron chi connectivity index (χ0n) is 11.0. The van der Waals surface area contributed by atoms with Crippen molar-refractivity contribution < 1.29 is 0 Å². The smallest absolute Gasteiger partial charge is 0.344 e. The molecule has 1 aliphatic carbocycles. The fraction of sp³-hybridized carbons (Fsp3) is 0.231. The first-order chi connectivity index (χ1) is 10.2. The van der Waals surface area contributed by atoms with Gasteiger partial charge in [0, 0.05) is 17.1 Å². The maximum Gasteiger partial charge on any atom is 0.344 e. The number of nitrogens with two attached hydrogens (primary N) is 1. The molecule has 0 radical (unpaired) electrons. The second-order valence-corrected chi connectivity index (χ2v) is 5.93. The van der Waals surface area contributed by atoms with Gasteiger partial charge in [-0.15, -0.1) is 5.10 Å². The third-order valence-electron chi connectivity index (χ3n) is 3.40. The van der Waals surface area contributed by atoms with Gasteiger partial charge in [-0.3, -0.25) is 4.57 Å². The SMILES string of the molecule is Nc1ccc2c(Sc3n[nH]c(=O)n3C3CC3)ncnc2c1. The van der Waals surface area contributed by atoms with E-state index in [1.807, 2.05) is 12.1 Å². The Kier molecular flexibility index (Phi) is 2.71. The van der Waals surface area contributed by atoms with Crippen molar-refractivity contribution in [1.29, 1.82) is 0 Å². The molecule has 0 bridgehead atoms. The molecule has 1 aromatic carbocycles. The monoisotopic (exact) mass is 300 g/mol. The Labute approximate surface area is 123 Å². The van der Waals surface area contributed by atoms with Crippen LogP contribution in [-0.2, 0) is 0 Å². The minimum atomic E-state index is -0.164. The number of nitrogens with one attached hydrogen (secondary N) is 1. The standard InChI is InChI=1S/C13H12N6OS/c14-7-1-4-9-10(5-7)15-6-16-11(9)21-13-18-17-12(20)19(13)8-2-3-8/h1,4-6,8H,2-3,14H2,(H,17,20). The van der Waals surface area contributed by atoms with Crippen molar-refractivity contribution in [3.8, 4) is 0 Å². The zero-order chi connectivity index (χ0) is 14.4. The van der Waals surface area contributed by atoms with Gasteiger partial charge in [-0.05, 0) is 42.8 Å². The Morgan fingerprint density at radius 3 is 3.00 bits per heavy atom. The summed E-state index contributed by atoms with van der Waals surface area (Å²) >= 11 is 1.37. The average Bonchev–Trinajstić information content (AvgIpc) is 3.24. The van der Waals surface area contributed by atoms with Gasteiger partial charge < -0.3 is 5.73 Å². The summed E-state index contributed by atoms with van der Waals surface area (Å²) in [5.74, 6) is 0. The van der Waals surface area contributed by atoms with E-state index >= 15 is 0 Å². The lowest BCUT2D eigenvalue weighted by Gasteiger charge is -2.05. The van der Waals surface area contributed by atoms with Crippen LogP contribution in [0.4, 0.5) is 5.69 Å². The molecule has 8 heteroatoms. The Hall–Kier alpha value is -2.35. The number of aromatic nitrogens is 5. The van der Waals surface area contributed by atoms with E-state index in [2.05, 4.69) is 20.2 Å². The van der Waals surface area contributed by atoms with Crippen LogP contribution >= 0.6 is 11.8 Å². The molecule has 3 N–H and O–H groups in total. The zero-order valence-corrected chi connectivity index (χ0v) is 11.8. The summed E-state index contributed by atoms with van der Waals surface area (Å²) in [6.45, 7) is 0. The fourth-order valence-corrected chi connectivity index (χ4v) is 3.21. The molecule has 1 aliphatic rings. The van der Waals surface area contributed by atoms with Gasteiger partial charge in [0.25, 0.3) is 0 Å². The van der Waals surface area contributed by atoms with Gasteiger partial charge in [0.15, 0.2) is 5.16 Å². The Morgan fingerprint density at radius 2 is 2.19 bits per heavy atom. The van der Waals surface area contributed by atoms with Crippen LogP contribution in [0.1, 0.15) is 18.9 Å². The van der Waals surface area contributed by atoms with E-state index in [0.717, 1.165) is 28.8 Å². The van der Waals surface area contributed by atoms with Crippen LogP contribution in [0.15, 0.2) is 39.5 Å². The van der Waals surface area contributed by atoms with E-state index in [0.29, 0.717) is 10.8 Å². The first kappa shape index (κ1) is 12.4. The summed E-state index contributed by atoms with van der Waals surface area (Å²) in [4.78, 5) is 20.3.